The predicted octanol–water partition coefficient (Wildman–Crippen LogP) is 1.12. The Bertz CT molecular complexity index is 389. The zero-order valence-corrected chi connectivity index (χ0v) is 9.17. The Morgan fingerprint density at radius 1 is 1.60 bits per heavy atom. The maximum absolute atomic E-state index is 11.6. The molecule has 1 rings (SSSR count). The van der Waals surface area contributed by atoms with E-state index in [1.54, 1.807) is 12.1 Å². The lowest BCUT2D eigenvalue weighted by Gasteiger charge is -2.11. The van der Waals surface area contributed by atoms with Gasteiger partial charge in [0, 0.05) is 18.0 Å². The van der Waals surface area contributed by atoms with Gasteiger partial charge in [-0.15, -0.1) is 11.6 Å². The standard InChI is InChI=1S/C10H13ClN2O2/c1-7(5-6-11)12-10(15)8-3-2-4-9(14)13-8/h2-4,7H,5-6H2,1H3,(H,12,15)(H,13,14). The Morgan fingerprint density at radius 2 is 2.33 bits per heavy atom. The monoisotopic (exact) mass is 228 g/mol. The molecular weight excluding hydrogens is 216 g/mol. The number of carbonyl (C=O) groups is 1. The number of alkyl halides is 1. The molecule has 1 aromatic rings. The van der Waals surface area contributed by atoms with Gasteiger partial charge in [0.1, 0.15) is 5.69 Å². The molecule has 0 aromatic carbocycles. The third kappa shape index (κ3) is 3.75. The smallest absolute Gasteiger partial charge is 0.268 e. The molecule has 2 N–H and O–H groups in total. The molecule has 1 atom stereocenters. The first-order valence-electron chi connectivity index (χ1n) is 4.69. The Kier molecular flexibility index (Phi) is 4.37. The third-order valence-corrected chi connectivity index (χ3v) is 2.15. The molecule has 0 aliphatic rings. The molecule has 0 aliphatic carbocycles. The molecule has 1 amide bonds. The first-order valence-corrected chi connectivity index (χ1v) is 5.23. The van der Waals surface area contributed by atoms with Gasteiger partial charge >= 0.3 is 0 Å². The van der Waals surface area contributed by atoms with Crippen LogP contribution in [0.4, 0.5) is 0 Å². The van der Waals surface area contributed by atoms with Crippen LogP contribution in [0.2, 0.25) is 0 Å². The second-order valence-electron chi connectivity index (χ2n) is 3.28. The van der Waals surface area contributed by atoms with Gasteiger partial charge in [-0.3, -0.25) is 9.59 Å². The second-order valence-corrected chi connectivity index (χ2v) is 3.66. The number of halogens is 1. The van der Waals surface area contributed by atoms with Crippen molar-refractivity contribution >= 4 is 17.5 Å². The van der Waals surface area contributed by atoms with E-state index in [-0.39, 0.29) is 23.2 Å². The van der Waals surface area contributed by atoms with Crippen LogP contribution in [0.3, 0.4) is 0 Å². The summed E-state index contributed by atoms with van der Waals surface area (Å²) in [5.41, 5.74) is -0.0171. The molecule has 0 bridgehead atoms. The molecule has 0 saturated heterocycles. The summed E-state index contributed by atoms with van der Waals surface area (Å²) in [6.07, 6.45) is 0.699. The van der Waals surface area contributed by atoms with Crippen LogP contribution in [0.15, 0.2) is 23.0 Å². The quantitative estimate of drug-likeness (QED) is 0.759. The van der Waals surface area contributed by atoms with Gasteiger partial charge in [0.2, 0.25) is 5.56 Å². The highest BCUT2D eigenvalue weighted by Gasteiger charge is 2.09. The van der Waals surface area contributed by atoms with E-state index in [4.69, 9.17) is 11.6 Å². The number of carbonyl (C=O) groups excluding carboxylic acids is 1. The third-order valence-electron chi connectivity index (χ3n) is 1.93. The van der Waals surface area contributed by atoms with E-state index >= 15 is 0 Å². The molecule has 0 fully saturated rings. The van der Waals surface area contributed by atoms with Gasteiger partial charge in [0.25, 0.3) is 5.91 Å². The number of rotatable bonds is 4. The lowest BCUT2D eigenvalue weighted by atomic mass is 10.2. The fraction of sp³-hybridized carbons (Fsp3) is 0.400. The lowest BCUT2D eigenvalue weighted by molar-refractivity contribution is 0.0934. The zero-order valence-electron chi connectivity index (χ0n) is 8.42. The number of aromatic amines is 1. The molecular formula is C10H13ClN2O2. The number of aromatic nitrogens is 1. The molecule has 1 heterocycles. The second kappa shape index (κ2) is 5.56. The Labute approximate surface area is 92.7 Å². The van der Waals surface area contributed by atoms with Gasteiger partial charge < -0.3 is 10.3 Å². The summed E-state index contributed by atoms with van der Waals surface area (Å²) in [7, 11) is 0. The highest BCUT2D eigenvalue weighted by Crippen LogP contribution is 1.96. The van der Waals surface area contributed by atoms with E-state index in [2.05, 4.69) is 10.3 Å². The van der Waals surface area contributed by atoms with Gasteiger partial charge in [0.05, 0.1) is 0 Å². The first kappa shape index (κ1) is 11.8. The van der Waals surface area contributed by atoms with Gasteiger partial charge in [0.15, 0.2) is 0 Å². The van der Waals surface area contributed by atoms with Crippen LogP contribution in [0.5, 0.6) is 0 Å². The van der Waals surface area contributed by atoms with Crippen molar-refractivity contribution in [1.82, 2.24) is 10.3 Å². The van der Waals surface area contributed by atoms with Crippen LogP contribution in [0.1, 0.15) is 23.8 Å². The van der Waals surface area contributed by atoms with Crippen molar-refractivity contribution in [3.8, 4) is 0 Å². The van der Waals surface area contributed by atoms with Crippen molar-refractivity contribution in [2.75, 3.05) is 5.88 Å². The van der Waals surface area contributed by atoms with E-state index in [1.165, 1.54) is 6.07 Å². The summed E-state index contributed by atoms with van der Waals surface area (Å²) in [6.45, 7) is 1.86. The summed E-state index contributed by atoms with van der Waals surface area (Å²) >= 11 is 5.54. The molecule has 1 unspecified atom stereocenters. The average Bonchev–Trinajstić information content (AvgIpc) is 2.18. The number of hydrogen-bond donors (Lipinski definition) is 2. The maximum atomic E-state index is 11.6. The van der Waals surface area contributed by atoms with E-state index in [0.29, 0.717) is 12.3 Å². The van der Waals surface area contributed by atoms with Crippen molar-refractivity contribution in [3.05, 3.63) is 34.2 Å². The highest BCUT2D eigenvalue weighted by atomic mass is 35.5. The number of H-pyrrole nitrogens is 1. The minimum atomic E-state index is -0.287. The Morgan fingerprint density at radius 3 is 2.93 bits per heavy atom. The summed E-state index contributed by atoms with van der Waals surface area (Å²) in [6, 6.07) is 4.46. The first-order chi connectivity index (χ1) is 7.13. The minimum Gasteiger partial charge on any atom is -0.348 e. The zero-order chi connectivity index (χ0) is 11.3. The molecule has 0 radical (unpaired) electrons. The summed E-state index contributed by atoms with van der Waals surface area (Å²) in [5, 5.41) is 2.73. The van der Waals surface area contributed by atoms with Crippen molar-refractivity contribution in [2.45, 2.75) is 19.4 Å². The van der Waals surface area contributed by atoms with Gasteiger partial charge in [-0.05, 0) is 19.4 Å². The number of pyridine rings is 1. The van der Waals surface area contributed by atoms with E-state index in [9.17, 15) is 9.59 Å². The molecule has 15 heavy (non-hydrogen) atoms. The highest BCUT2D eigenvalue weighted by molar-refractivity contribution is 6.17. The van der Waals surface area contributed by atoms with Crippen LogP contribution in [-0.4, -0.2) is 22.8 Å². The lowest BCUT2D eigenvalue weighted by Crippen LogP contribution is -2.34. The van der Waals surface area contributed by atoms with E-state index in [0.717, 1.165) is 0 Å². The largest absolute Gasteiger partial charge is 0.348 e. The predicted molar refractivity (Wildman–Crippen MR) is 59.3 cm³/mol. The average molecular weight is 229 g/mol. The molecule has 5 heteroatoms. The Balaban J connectivity index is 2.65. The van der Waals surface area contributed by atoms with Gasteiger partial charge in [-0.2, -0.15) is 0 Å². The molecule has 0 saturated carbocycles. The molecule has 1 aromatic heterocycles. The van der Waals surface area contributed by atoms with Crippen LogP contribution < -0.4 is 10.9 Å². The SMILES string of the molecule is CC(CCCl)NC(=O)c1cccc(=O)[nH]1. The topological polar surface area (TPSA) is 62.0 Å². The maximum Gasteiger partial charge on any atom is 0.268 e. The van der Waals surface area contributed by atoms with E-state index in [1.807, 2.05) is 6.92 Å². The summed E-state index contributed by atoms with van der Waals surface area (Å²) in [5.74, 6) is 0.206. The van der Waals surface area contributed by atoms with Gasteiger partial charge in [-0.1, -0.05) is 6.07 Å². The normalized spacial score (nSPS) is 12.1. The molecule has 0 aliphatic heterocycles. The number of hydrogen-bond acceptors (Lipinski definition) is 2. The van der Waals surface area contributed by atoms with Crippen molar-refractivity contribution in [3.63, 3.8) is 0 Å². The van der Waals surface area contributed by atoms with Crippen LogP contribution in [0.25, 0.3) is 0 Å². The Hall–Kier alpha value is -1.29. The van der Waals surface area contributed by atoms with Crippen LogP contribution in [0, 0.1) is 0 Å². The van der Waals surface area contributed by atoms with Crippen molar-refractivity contribution in [1.29, 1.82) is 0 Å². The molecule has 82 valence electrons. The van der Waals surface area contributed by atoms with Crippen LogP contribution in [-0.2, 0) is 0 Å². The van der Waals surface area contributed by atoms with Crippen molar-refractivity contribution in [2.24, 2.45) is 0 Å². The number of amides is 1. The fourth-order valence-corrected chi connectivity index (χ4v) is 1.44. The summed E-state index contributed by atoms with van der Waals surface area (Å²) < 4.78 is 0. The number of nitrogens with one attached hydrogen (secondary N) is 2. The van der Waals surface area contributed by atoms with Gasteiger partial charge in [-0.25, -0.2) is 0 Å². The van der Waals surface area contributed by atoms with Crippen molar-refractivity contribution < 1.29 is 4.79 Å². The van der Waals surface area contributed by atoms with E-state index < -0.39 is 0 Å². The minimum absolute atomic E-state index is 0.00120. The van der Waals surface area contributed by atoms with Crippen LogP contribution >= 0.6 is 11.6 Å². The summed E-state index contributed by atoms with van der Waals surface area (Å²) in [4.78, 5) is 25.0. The molecule has 4 nitrogen and oxygen atoms in total. The fourth-order valence-electron chi connectivity index (χ4n) is 1.12. The molecule has 0 spiro atoms.